The zero-order valence-electron chi connectivity index (χ0n) is 11.2. The summed E-state index contributed by atoms with van der Waals surface area (Å²) in [7, 11) is 0. The highest BCUT2D eigenvalue weighted by Crippen LogP contribution is 2.26. The summed E-state index contributed by atoms with van der Waals surface area (Å²) in [4.78, 5) is 2.70. The first-order valence-corrected chi connectivity index (χ1v) is 7.12. The molecule has 0 spiro atoms. The second-order valence-electron chi connectivity index (χ2n) is 6.17. The van der Waals surface area contributed by atoms with E-state index in [9.17, 15) is 0 Å². The van der Waals surface area contributed by atoms with Gasteiger partial charge in [-0.1, -0.05) is 13.8 Å². The molecule has 0 amide bonds. The SMILES string of the molecule is CC(C)C1CCN(CC2CCNC2C)CC1. The molecule has 2 unspecified atom stereocenters. The van der Waals surface area contributed by atoms with Gasteiger partial charge in [-0.3, -0.25) is 0 Å². The van der Waals surface area contributed by atoms with Gasteiger partial charge in [0.1, 0.15) is 0 Å². The van der Waals surface area contributed by atoms with Crippen LogP contribution in [0.25, 0.3) is 0 Å². The van der Waals surface area contributed by atoms with Crippen LogP contribution in [0.4, 0.5) is 0 Å². The van der Waals surface area contributed by atoms with Gasteiger partial charge in [0.15, 0.2) is 0 Å². The smallest absolute Gasteiger partial charge is 0.00796 e. The molecule has 2 rings (SSSR count). The standard InChI is InChI=1S/C14H28N2/c1-11(2)13-5-8-16(9-6-13)10-14-4-7-15-12(14)3/h11-15H,4-10H2,1-3H3. The van der Waals surface area contributed by atoms with Gasteiger partial charge >= 0.3 is 0 Å². The van der Waals surface area contributed by atoms with Gasteiger partial charge in [0, 0.05) is 12.6 Å². The number of rotatable bonds is 3. The molecule has 2 heterocycles. The summed E-state index contributed by atoms with van der Waals surface area (Å²) >= 11 is 0. The van der Waals surface area contributed by atoms with Crippen molar-refractivity contribution in [2.75, 3.05) is 26.2 Å². The summed E-state index contributed by atoms with van der Waals surface area (Å²) in [5, 5.41) is 3.56. The van der Waals surface area contributed by atoms with Crippen LogP contribution in [-0.2, 0) is 0 Å². The van der Waals surface area contributed by atoms with Crippen molar-refractivity contribution in [1.29, 1.82) is 0 Å². The average Bonchev–Trinajstić information content (AvgIpc) is 2.65. The van der Waals surface area contributed by atoms with Gasteiger partial charge in [-0.2, -0.15) is 0 Å². The Kier molecular flexibility index (Phi) is 4.26. The van der Waals surface area contributed by atoms with Crippen LogP contribution in [0.2, 0.25) is 0 Å². The monoisotopic (exact) mass is 224 g/mol. The molecule has 0 saturated carbocycles. The van der Waals surface area contributed by atoms with Gasteiger partial charge in [-0.25, -0.2) is 0 Å². The number of nitrogens with zero attached hydrogens (tertiary/aromatic N) is 1. The van der Waals surface area contributed by atoms with Gasteiger partial charge in [0.2, 0.25) is 0 Å². The van der Waals surface area contributed by atoms with Crippen LogP contribution in [0, 0.1) is 17.8 Å². The largest absolute Gasteiger partial charge is 0.314 e. The summed E-state index contributed by atoms with van der Waals surface area (Å²) in [6.07, 6.45) is 4.23. The van der Waals surface area contributed by atoms with Crippen molar-refractivity contribution in [2.45, 2.75) is 46.1 Å². The number of nitrogens with one attached hydrogen (secondary N) is 1. The van der Waals surface area contributed by atoms with Crippen LogP contribution < -0.4 is 5.32 Å². The minimum absolute atomic E-state index is 0.739. The average molecular weight is 224 g/mol. The van der Waals surface area contributed by atoms with Crippen molar-refractivity contribution in [3.8, 4) is 0 Å². The van der Waals surface area contributed by atoms with Gasteiger partial charge in [0.05, 0.1) is 0 Å². The lowest BCUT2D eigenvalue weighted by Crippen LogP contribution is -2.40. The van der Waals surface area contributed by atoms with Crippen molar-refractivity contribution in [3.05, 3.63) is 0 Å². The topological polar surface area (TPSA) is 15.3 Å². The third-order valence-electron chi connectivity index (χ3n) is 4.76. The Morgan fingerprint density at radius 2 is 1.88 bits per heavy atom. The fourth-order valence-corrected chi connectivity index (χ4v) is 3.30. The molecule has 2 atom stereocenters. The summed E-state index contributed by atoms with van der Waals surface area (Å²) in [6, 6.07) is 0.739. The fraction of sp³-hybridized carbons (Fsp3) is 1.00. The number of likely N-dealkylation sites (tertiary alicyclic amines) is 1. The lowest BCUT2D eigenvalue weighted by Gasteiger charge is -2.35. The van der Waals surface area contributed by atoms with E-state index in [-0.39, 0.29) is 0 Å². The maximum absolute atomic E-state index is 3.56. The predicted octanol–water partition coefficient (Wildman–Crippen LogP) is 2.35. The molecule has 2 heteroatoms. The Labute approximate surface area is 101 Å². The van der Waals surface area contributed by atoms with Crippen molar-refractivity contribution < 1.29 is 0 Å². The molecule has 0 aromatic heterocycles. The molecule has 0 aliphatic carbocycles. The molecular formula is C14H28N2. The molecule has 2 nitrogen and oxygen atoms in total. The Morgan fingerprint density at radius 1 is 1.19 bits per heavy atom. The quantitative estimate of drug-likeness (QED) is 0.791. The van der Waals surface area contributed by atoms with Gasteiger partial charge in [0.25, 0.3) is 0 Å². The molecule has 0 bridgehead atoms. The number of piperidine rings is 1. The normalized spacial score (nSPS) is 33.8. The van der Waals surface area contributed by atoms with Crippen molar-refractivity contribution >= 4 is 0 Å². The summed E-state index contributed by atoms with van der Waals surface area (Å²) in [5.41, 5.74) is 0. The molecule has 16 heavy (non-hydrogen) atoms. The zero-order valence-corrected chi connectivity index (χ0v) is 11.2. The number of hydrogen-bond acceptors (Lipinski definition) is 2. The fourth-order valence-electron chi connectivity index (χ4n) is 3.30. The Hall–Kier alpha value is -0.0800. The maximum atomic E-state index is 3.56. The minimum atomic E-state index is 0.739. The van der Waals surface area contributed by atoms with E-state index in [0.717, 1.165) is 23.8 Å². The van der Waals surface area contributed by atoms with Crippen molar-refractivity contribution in [2.24, 2.45) is 17.8 Å². The second-order valence-corrected chi connectivity index (χ2v) is 6.17. The van der Waals surface area contributed by atoms with Crippen LogP contribution in [0.15, 0.2) is 0 Å². The van der Waals surface area contributed by atoms with Crippen molar-refractivity contribution in [1.82, 2.24) is 10.2 Å². The summed E-state index contributed by atoms with van der Waals surface area (Å²) in [5.74, 6) is 2.76. The van der Waals surface area contributed by atoms with Crippen LogP contribution in [0.1, 0.15) is 40.0 Å². The highest BCUT2D eigenvalue weighted by atomic mass is 15.1. The van der Waals surface area contributed by atoms with E-state index in [1.165, 1.54) is 45.4 Å². The van der Waals surface area contributed by atoms with E-state index in [4.69, 9.17) is 0 Å². The Balaban J connectivity index is 1.72. The lowest BCUT2D eigenvalue weighted by molar-refractivity contribution is 0.137. The molecule has 1 N–H and O–H groups in total. The van der Waals surface area contributed by atoms with Gasteiger partial charge in [-0.05, 0) is 63.6 Å². The van der Waals surface area contributed by atoms with E-state index < -0.39 is 0 Å². The molecule has 0 aromatic rings. The summed E-state index contributed by atoms with van der Waals surface area (Å²) in [6.45, 7) is 12.3. The van der Waals surface area contributed by atoms with Crippen LogP contribution in [0.5, 0.6) is 0 Å². The highest BCUT2D eigenvalue weighted by Gasteiger charge is 2.27. The third kappa shape index (κ3) is 2.98. The summed E-state index contributed by atoms with van der Waals surface area (Å²) < 4.78 is 0. The second kappa shape index (κ2) is 5.50. The van der Waals surface area contributed by atoms with Crippen LogP contribution in [-0.4, -0.2) is 37.1 Å². The van der Waals surface area contributed by atoms with Crippen LogP contribution in [0.3, 0.4) is 0 Å². The number of hydrogen-bond donors (Lipinski definition) is 1. The molecule has 0 radical (unpaired) electrons. The van der Waals surface area contributed by atoms with Crippen molar-refractivity contribution in [3.63, 3.8) is 0 Å². The Morgan fingerprint density at radius 3 is 2.38 bits per heavy atom. The first-order valence-electron chi connectivity index (χ1n) is 7.12. The molecule has 2 fully saturated rings. The third-order valence-corrected chi connectivity index (χ3v) is 4.76. The lowest BCUT2D eigenvalue weighted by atomic mass is 9.86. The van der Waals surface area contributed by atoms with Gasteiger partial charge in [-0.15, -0.1) is 0 Å². The highest BCUT2D eigenvalue weighted by molar-refractivity contribution is 4.84. The van der Waals surface area contributed by atoms with E-state index in [0.29, 0.717) is 0 Å². The maximum Gasteiger partial charge on any atom is 0.00796 e. The molecule has 2 aliphatic heterocycles. The van der Waals surface area contributed by atoms with E-state index in [1.54, 1.807) is 0 Å². The van der Waals surface area contributed by atoms with Gasteiger partial charge < -0.3 is 10.2 Å². The first-order chi connectivity index (χ1) is 7.66. The van der Waals surface area contributed by atoms with E-state index in [2.05, 4.69) is 31.0 Å². The molecular weight excluding hydrogens is 196 g/mol. The van der Waals surface area contributed by atoms with E-state index in [1.807, 2.05) is 0 Å². The zero-order chi connectivity index (χ0) is 11.5. The predicted molar refractivity (Wildman–Crippen MR) is 69.6 cm³/mol. The molecule has 94 valence electrons. The molecule has 2 saturated heterocycles. The minimum Gasteiger partial charge on any atom is -0.314 e. The van der Waals surface area contributed by atoms with E-state index >= 15 is 0 Å². The Bertz CT molecular complexity index is 207. The van der Waals surface area contributed by atoms with Crippen LogP contribution >= 0.6 is 0 Å². The molecule has 0 aromatic carbocycles. The molecule has 2 aliphatic rings. The first kappa shape index (κ1) is 12.4.